The van der Waals surface area contributed by atoms with Crippen molar-refractivity contribution >= 4 is 23.7 Å². The van der Waals surface area contributed by atoms with Crippen molar-refractivity contribution < 1.29 is 9.59 Å². The van der Waals surface area contributed by atoms with Crippen LogP contribution in [-0.2, 0) is 15.0 Å². The molecular weight excluding hydrogens is 302 g/mol. The van der Waals surface area contributed by atoms with Crippen molar-refractivity contribution in [1.29, 1.82) is 0 Å². The van der Waals surface area contributed by atoms with Crippen LogP contribution in [-0.4, -0.2) is 18.0 Å². The predicted molar refractivity (Wildman–Crippen MR) is 96.0 cm³/mol. The lowest BCUT2D eigenvalue weighted by Crippen LogP contribution is -2.32. The molecule has 0 heterocycles. The number of anilines is 1. The predicted octanol–water partition coefficient (Wildman–Crippen LogP) is 3.07. The highest BCUT2D eigenvalue weighted by atomic mass is 16.2. The lowest BCUT2D eigenvalue weighted by Gasteiger charge is -2.18. The lowest BCUT2D eigenvalue weighted by atomic mass is 9.87. The molecule has 0 aliphatic heterocycles. The Morgan fingerprint density at radius 2 is 1.54 bits per heavy atom. The molecule has 2 N–H and O–H groups in total. The minimum atomic E-state index is -0.818. The molecule has 2 aromatic rings. The van der Waals surface area contributed by atoms with Crippen LogP contribution < -0.4 is 10.7 Å². The molecule has 2 rings (SSSR count). The van der Waals surface area contributed by atoms with Crippen LogP contribution in [0.1, 0.15) is 31.9 Å². The van der Waals surface area contributed by atoms with Gasteiger partial charge in [-0.3, -0.25) is 9.59 Å². The van der Waals surface area contributed by atoms with Gasteiger partial charge in [0.1, 0.15) is 0 Å². The highest BCUT2D eigenvalue weighted by molar-refractivity contribution is 6.39. The first kappa shape index (κ1) is 17.4. The number of hydrogen-bond acceptors (Lipinski definition) is 3. The normalized spacial score (nSPS) is 11.3. The van der Waals surface area contributed by atoms with Gasteiger partial charge in [-0.05, 0) is 28.7 Å². The smallest absolute Gasteiger partial charge is 0.318 e. The van der Waals surface area contributed by atoms with E-state index in [1.54, 1.807) is 24.3 Å². The van der Waals surface area contributed by atoms with Gasteiger partial charge in [-0.15, -0.1) is 0 Å². The van der Waals surface area contributed by atoms with Crippen molar-refractivity contribution in [3.8, 4) is 0 Å². The van der Waals surface area contributed by atoms with Crippen molar-refractivity contribution in [2.75, 3.05) is 5.32 Å². The molecule has 2 aromatic carbocycles. The number of carbonyl (C=O) groups is 2. The molecule has 124 valence electrons. The Morgan fingerprint density at radius 1 is 0.917 bits per heavy atom. The van der Waals surface area contributed by atoms with Gasteiger partial charge in [0, 0.05) is 5.69 Å². The fourth-order valence-electron chi connectivity index (χ4n) is 1.99. The Bertz CT molecular complexity index is 729. The van der Waals surface area contributed by atoms with Crippen LogP contribution in [0.3, 0.4) is 0 Å². The molecule has 0 aliphatic carbocycles. The first-order valence-electron chi connectivity index (χ1n) is 7.66. The van der Waals surface area contributed by atoms with E-state index in [2.05, 4.69) is 36.6 Å². The molecule has 0 atom stereocenters. The molecule has 0 saturated carbocycles. The van der Waals surface area contributed by atoms with Crippen LogP contribution in [0.5, 0.6) is 0 Å². The molecule has 0 fully saturated rings. The number of nitrogens with zero attached hydrogens (tertiary/aromatic N) is 1. The summed E-state index contributed by atoms with van der Waals surface area (Å²) in [5.74, 6) is -1.58. The SMILES string of the molecule is CC(C)(C)c1ccc(C=NNC(=O)C(=O)Nc2ccccc2)cc1. The van der Waals surface area contributed by atoms with E-state index >= 15 is 0 Å². The standard InChI is InChI=1S/C19H21N3O2/c1-19(2,3)15-11-9-14(10-12-15)13-20-22-18(24)17(23)21-16-7-5-4-6-8-16/h4-13H,1-3H3,(H,21,23)(H,22,24). The average Bonchev–Trinajstić information content (AvgIpc) is 2.55. The number of benzene rings is 2. The van der Waals surface area contributed by atoms with Gasteiger partial charge in [-0.2, -0.15) is 5.10 Å². The van der Waals surface area contributed by atoms with Crippen LogP contribution in [0, 0.1) is 0 Å². The highest BCUT2D eigenvalue weighted by Crippen LogP contribution is 2.21. The summed E-state index contributed by atoms with van der Waals surface area (Å²) in [7, 11) is 0. The third-order valence-electron chi connectivity index (χ3n) is 3.39. The number of para-hydroxylation sites is 1. The minimum Gasteiger partial charge on any atom is -0.318 e. The third kappa shape index (κ3) is 5.05. The summed E-state index contributed by atoms with van der Waals surface area (Å²) in [5, 5.41) is 6.30. The zero-order valence-electron chi connectivity index (χ0n) is 14.0. The summed E-state index contributed by atoms with van der Waals surface area (Å²) in [5.41, 5.74) is 4.91. The molecule has 5 nitrogen and oxygen atoms in total. The first-order valence-corrected chi connectivity index (χ1v) is 7.66. The van der Waals surface area contributed by atoms with E-state index < -0.39 is 11.8 Å². The summed E-state index contributed by atoms with van der Waals surface area (Å²) >= 11 is 0. The molecule has 0 aromatic heterocycles. The molecular formula is C19H21N3O2. The molecule has 0 unspecified atom stereocenters. The Kier molecular flexibility index (Phi) is 5.47. The average molecular weight is 323 g/mol. The number of amides is 2. The maximum atomic E-state index is 11.7. The molecule has 0 spiro atoms. The molecule has 0 bridgehead atoms. The van der Waals surface area contributed by atoms with Gasteiger partial charge >= 0.3 is 11.8 Å². The van der Waals surface area contributed by atoms with Crippen LogP contribution in [0.15, 0.2) is 59.7 Å². The minimum absolute atomic E-state index is 0.0828. The van der Waals surface area contributed by atoms with Gasteiger partial charge in [0.25, 0.3) is 0 Å². The molecule has 0 radical (unpaired) electrons. The zero-order valence-corrected chi connectivity index (χ0v) is 14.0. The second-order valence-electron chi connectivity index (χ2n) is 6.39. The van der Waals surface area contributed by atoms with Gasteiger partial charge in [-0.25, -0.2) is 5.43 Å². The number of hydrogen-bond donors (Lipinski definition) is 2. The zero-order chi connectivity index (χ0) is 17.6. The molecule has 5 heteroatoms. The van der Waals surface area contributed by atoms with Crippen molar-refractivity contribution in [3.63, 3.8) is 0 Å². The van der Waals surface area contributed by atoms with Crippen LogP contribution in [0.2, 0.25) is 0 Å². The van der Waals surface area contributed by atoms with E-state index in [1.807, 2.05) is 30.3 Å². The lowest BCUT2D eigenvalue weighted by molar-refractivity contribution is -0.136. The van der Waals surface area contributed by atoms with Gasteiger partial charge < -0.3 is 5.32 Å². The summed E-state index contributed by atoms with van der Waals surface area (Å²) < 4.78 is 0. The fraction of sp³-hybridized carbons (Fsp3) is 0.211. The second kappa shape index (κ2) is 7.55. The summed E-state index contributed by atoms with van der Waals surface area (Å²) in [4.78, 5) is 23.4. The van der Waals surface area contributed by atoms with Gasteiger partial charge in [0.05, 0.1) is 6.21 Å². The van der Waals surface area contributed by atoms with Gasteiger partial charge in [-0.1, -0.05) is 63.2 Å². The molecule has 24 heavy (non-hydrogen) atoms. The Balaban J connectivity index is 1.89. The maximum Gasteiger partial charge on any atom is 0.329 e. The molecule has 0 saturated heterocycles. The van der Waals surface area contributed by atoms with Crippen molar-refractivity contribution in [2.45, 2.75) is 26.2 Å². The van der Waals surface area contributed by atoms with E-state index in [-0.39, 0.29) is 5.41 Å². The van der Waals surface area contributed by atoms with Crippen molar-refractivity contribution in [2.24, 2.45) is 5.10 Å². The third-order valence-corrected chi connectivity index (χ3v) is 3.39. The monoisotopic (exact) mass is 323 g/mol. The molecule has 0 aliphatic rings. The van der Waals surface area contributed by atoms with E-state index in [0.29, 0.717) is 5.69 Å². The quantitative estimate of drug-likeness (QED) is 0.518. The number of rotatable bonds is 3. The first-order chi connectivity index (χ1) is 11.4. The van der Waals surface area contributed by atoms with Crippen molar-refractivity contribution in [1.82, 2.24) is 5.43 Å². The Labute approximate surface area is 141 Å². The van der Waals surface area contributed by atoms with E-state index in [9.17, 15) is 9.59 Å². The fourth-order valence-corrected chi connectivity index (χ4v) is 1.99. The summed E-state index contributed by atoms with van der Waals surface area (Å²) in [6, 6.07) is 16.6. The second-order valence-corrected chi connectivity index (χ2v) is 6.39. The Hall–Kier alpha value is -2.95. The topological polar surface area (TPSA) is 70.6 Å². The van der Waals surface area contributed by atoms with E-state index in [4.69, 9.17) is 0 Å². The summed E-state index contributed by atoms with van der Waals surface area (Å²) in [6.45, 7) is 6.42. The van der Waals surface area contributed by atoms with Crippen LogP contribution in [0.25, 0.3) is 0 Å². The van der Waals surface area contributed by atoms with Gasteiger partial charge in [0.2, 0.25) is 0 Å². The van der Waals surface area contributed by atoms with E-state index in [1.165, 1.54) is 11.8 Å². The van der Waals surface area contributed by atoms with Crippen LogP contribution in [0.4, 0.5) is 5.69 Å². The number of nitrogens with one attached hydrogen (secondary N) is 2. The highest BCUT2D eigenvalue weighted by Gasteiger charge is 2.13. The summed E-state index contributed by atoms with van der Waals surface area (Å²) in [6.07, 6.45) is 1.50. The molecule has 2 amide bonds. The van der Waals surface area contributed by atoms with Gasteiger partial charge in [0.15, 0.2) is 0 Å². The number of carbonyl (C=O) groups excluding carboxylic acids is 2. The maximum absolute atomic E-state index is 11.7. The van der Waals surface area contributed by atoms with E-state index in [0.717, 1.165) is 5.56 Å². The number of hydrazone groups is 1. The Morgan fingerprint density at radius 3 is 2.12 bits per heavy atom. The van der Waals surface area contributed by atoms with Crippen molar-refractivity contribution in [3.05, 3.63) is 65.7 Å². The van der Waals surface area contributed by atoms with Crippen LogP contribution >= 0.6 is 0 Å². The largest absolute Gasteiger partial charge is 0.329 e.